The van der Waals surface area contributed by atoms with Gasteiger partial charge in [0.15, 0.2) is 0 Å². The number of anilines is 1. The van der Waals surface area contributed by atoms with Crippen LogP contribution in [0.1, 0.15) is 25.7 Å². The van der Waals surface area contributed by atoms with Gasteiger partial charge in [-0.25, -0.2) is 4.79 Å². The highest BCUT2D eigenvalue weighted by Crippen LogP contribution is 2.32. The van der Waals surface area contributed by atoms with Crippen molar-refractivity contribution in [2.45, 2.75) is 31.7 Å². The zero-order valence-electron chi connectivity index (χ0n) is 13.2. The molecule has 0 aromatic heterocycles. The predicted octanol–water partition coefficient (Wildman–Crippen LogP) is 2.16. The van der Waals surface area contributed by atoms with Gasteiger partial charge in [0.05, 0.1) is 16.6 Å². The number of carbonyl (C=O) groups excluding carboxylic acids is 2. The summed E-state index contributed by atoms with van der Waals surface area (Å²) in [7, 11) is 0. The van der Waals surface area contributed by atoms with E-state index < -0.39 is 17.9 Å². The molecule has 3 rings (SSSR count). The molecule has 2 aliphatic heterocycles. The second kappa shape index (κ2) is 6.81. The molecule has 0 aliphatic carbocycles. The number of para-hydroxylation sites is 1. The van der Waals surface area contributed by atoms with E-state index in [0.717, 1.165) is 12.8 Å². The minimum Gasteiger partial charge on any atom is -0.480 e. The van der Waals surface area contributed by atoms with E-state index in [2.05, 4.69) is 0 Å². The summed E-state index contributed by atoms with van der Waals surface area (Å²) in [5.74, 6) is -1.90. The molecule has 2 fully saturated rings. The van der Waals surface area contributed by atoms with Crippen molar-refractivity contribution in [3.8, 4) is 0 Å². The van der Waals surface area contributed by atoms with Crippen LogP contribution in [0.25, 0.3) is 0 Å². The first-order valence-electron chi connectivity index (χ1n) is 8.07. The standard InChI is InChI=1S/C17H19ClN2O4/c18-12-5-1-2-6-13(12)20-10-11(9-15(20)21)16(22)19-8-4-3-7-14(19)17(23)24/h1-2,5-6,11,14H,3-4,7-10H2,(H,23,24)/t11?,14-/m1/s1. The third-order valence-corrected chi connectivity index (χ3v) is 5.01. The summed E-state index contributed by atoms with van der Waals surface area (Å²) in [6.45, 7) is 0.677. The van der Waals surface area contributed by atoms with Crippen LogP contribution < -0.4 is 4.90 Å². The molecule has 7 heteroatoms. The van der Waals surface area contributed by atoms with E-state index >= 15 is 0 Å². The Labute approximate surface area is 145 Å². The molecule has 2 saturated heterocycles. The molecular weight excluding hydrogens is 332 g/mol. The van der Waals surface area contributed by atoms with Crippen LogP contribution in [0.5, 0.6) is 0 Å². The third kappa shape index (κ3) is 3.11. The highest BCUT2D eigenvalue weighted by atomic mass is 35.5. The average Bonchev–Trinajstić information content (AvgIpc) is 2.96. The van der Waals surface area contributed by atoms with Crippen molar-refractivity contribution >= 4 is 35.1 Å². The molecule has 2 heterocycles. The molecule has 0 bridgehead atoms. The molecule has 1 aromatic carbocycles. The lowest BCUT2D eigenvalue weighted by Crippen LogP contribution is -2.50. The van der Waals surface area contributed by atoms with Gasteiger partial charge in [0.2, 0.25) is 11.8 Å². The first-order valence-corrected chi connectivity index (χ1v) is 8.45. The number of hydrogen-bond donors (Lipinski definition) is 1. The van der Waals surface area contributed by atoms with Crippen LogP contribution >= 0.6 is 11.6 Å². The van der Waals surface area contributed by atoms with E-state index in [1.807, 2.05) is 0 Å². The first kappa shape index (κ1) is 16.8. The van der Waals surface area contributed by atoms with Gasteiger partial charge in [-0.1, -0.05) is 23.7 Å². The third-order valence-electron chi connectivity index (χ3n) is 4.69. The largest absolute Gasteiger partial charge is 0.480 e. The molecule has 2 atom stereocenters. The maximum absolute atomic E-state index is 12.8. The number of carbonyl (C=O) groups is 3. The molecule has 6 nitrogen and oxygen atoms in total. The van der Waals surface area contributed by atoms with E-state index in [9.17, 15) is 19.5 Å². The van der Waals surface area contributed by atoms with Gasteiger partial charge in [0, 0.05) is 19.5 Å². The van der Waals surface area contributed by atoms with Crippen molar-refractivity contribution in [3.05, 3.63) is 29.3 Å². The number of aliphatic carboxylic acids is 1. The zero-order valence-corrected chi connectivity index (χ0v) is 13.9. The normalized spacial score (nSPS) is 24.3. The number of hydrogen-bond acceptors (Lipinski definition) is 3. The Morgan fingerprint density at radius 2 is 1.96 bits per heavy atom. The van der Waals surface area contributed by atoms with Gasteiger partial charge in [0.1, 0.15) is 6.04 Å². The van der Waals surface area contributed by atoms with Crippen LogP contribution in [-0.4, -0.2) is 46.9 Å². The van der Waals surface area contributed by atoms with Crippen LogP contribution in [-0.2, 0) is 14.4 Å². The number of benzene rings is 1. The van der Waals surface area contributed by atoms with Gasteiger partial charge in [0.25, 0.3) is 0 Å². The van der Waals surface area contributed by atoms with Crippen molar-refractivity contribution in [3.63, 3.8) is 0 Å². The number of carboxylic acids is 1. The summed E-state index contributed by atoms with van der Waals surface area (Å²) in [6.07, 6.45) is 2.16. The van der Waals surface area contributed by atoms with Crippen molar-refractivity contribution in [2.75, 3.05) is 18.0 Å². The summed E-state index contributed by atoms with van der Waals surface area (Å²) in [5.41, 5.74) is 0.591. The van der Waals surface area contributed by atoms with E-state index in [4.69, 9.17) is 11.6 Å². The van der Waals surface area contributed by atoms with Gasteiger partial charge >= 0.3 is 5.97 Å². The molecule has 2 amide bonds. The van der Waals surface area contributed by atoms with E-state index in [1.165, 1.54) is 9.80 Å². The Bertz CT molecular complexity index is 678. The Kier molecular flexibility index (Phi) is 4.76. The summed E-state index contributed by atoms with van der Waals surface area (Å²) in [4.78, 5) is 39.4. The Morgan fingerprint density at radius 1 is 1.21 bits per heavy atom. The average molecular weight is 351 g/mol. The maximum Gasteiger partial charge on any atom is 0.326 e. The number of likely N-dealkylation sites (tertiary alicyclic amines) is 1. The predicted molar refractivity (Wildman–Crippen MR) is 88.9 cm³/mol. The molecule has 0 spiro atoms. The number of carboxylic acid groups (broad SMARTS) is 1. The minimum absolute atomic E-state index is 0.0902. The van der Waals surface area contributed by atoms with Crippen molar-refractivity contribution in [2.24, 2.45) is 5.92 Å². The van der Waals surface area contributed by atoms with Crippen molar-refractivity contribution in [1.29, 1.82) is 0 Å². The topological polar surface area (TPSA) is 77.9 Å². The van der Waals surface area contributed by atoms with Gasteiger partial charge in [-0.05, 0) is 31.4 Å². The summed E-state index contributed by atoms with van der Waals surface area (Å²) in [6, 6.07) is 6.23. The van der Waals surface area contributed by atoms with Crippen LogP contribution in [0.2, 0.25) is 5.02 Å². The quantitative estimate of drug-likeness (QED) is 0.906. The van der Waals surface area contributed by atoms with Gasteiger partial charge in [-0.3, -0.25) is 9.59 Å². The SMILES string of the molecule is O=C(O)[C@H]1CCCCN1C(=O)C1CC(=O)N(c2ccccc2Cl)C1. The summed E-state index contributed by atoms with van der Waals surface area (Å²) < 4.78 is 0. The van der Waals surface area contributed by atoms with E-state index in [0.29, 0.717) is 23.7 Å². The van der Waals surface area contributed by atoms with Gasteiger partial charge in [-0.2, -0.15) is 0 Å². The summed E-state index contributed by atoms with van der Waals surface area (Å²) >= 11 is 6.14. The molecule has 1 unspecified atom stereocenters. The Hall–Kier alpha value is -2.08. The monoisotopic (exact) mass is 350 g/mol. The Balaban J connectivity index is 1.76. The van der Waals surface area contributed by atoms with Crippen molar-refractivity contribution in [1.82, 2.24) is 4.90 Å². The maximum atomic E-state index is 12.8. The molecule has 24 heavy (non-hydrogen) atoms. The minimum atomic E-state index is -0.977. The second-order valence-corrected chi connectivity index (χ2v) is 6.65. The first-order chi connectivity index (χ1) is 11.5. The van der Waals surface area contributed by atoms with Gasteiger partial charge in [-0.15, -0.1) is 0 Å². The number of halogens is 1. The van der Waals surface area contributed by atoms with E-state index in [-0.39, 0.29) is 24.8 Å². The highest BCUT2D eigenvalue weighted by molar-refractivity contribution is 6.33. The Morgan fingerprint density at radius 3 is 2.67 bits per heavy atom. The highest BCUT2D eigenvalue weighted by Gasteiger charge is 2.41. The zero-order chi connectivity index (χ0) is 17.3. The number of amides is 2. The van der Waals surface area contributed by atoms with Gasteiger partial charge < -0.3 is 14.9 Å². The number of piperidine rings is 1. The lowest BCUT2D eigenvalue weighted by molar-refractivity contribution is -0.153. The van der Waals surface area contributed by atoms with Crippen LogP contribution in [0.3, 0.4) is 0 Å². The van der Waals surface area contributed by atoms with E-state index in [1.54, 1.807) is 24.3 Å². The fourth-order valence-electron chi connectivity index (χ4n) is 3.46. The fourth-order valence-corrected chi connectivity index (χ4v) is 3.70. The van der Waals surface area contributed by atoms with Crippen LogP contribution in [0.4, 0.5) is 5.69 Å². The van der Waals surface area contributed by atoms with Crippen molar-refractivity contribution < 1.29 is 19.5 Å². The molecule has 1 N–H and O–H groups in total. The fraction of sp³-hybridized carbons (Fsp3) is 0.471. The smallest absolute Gasteiger partial charge is 0.326 e. The lowest BCUT2D eigenvalue weighted by atomic mass is 9.98. The second-order valence-electron chi connectivity index (χ2n) is 6.24. The molecule has 0 saturated carbocycles. The molecule has 0 radical (unpaired) electrons. The molecule has 128 valence electrons. The molecule has 1 aromatic rings. The lowest BCUT2D eigenvalue weighted by Gasteiger charge is -2.34. The van der Waals surface area contributed by atoms with Crippen LogP contribution in [0, 0.1) is 5.92 Å². The summed E-state index contributed by atoms with van der Waals surface area (Å²) in [5, 5.41) is 9.79. The molecule has 2 aliphatic rings. The van der Waals surface area contributed by atoms with Crippen LogP contribution in [0.15, 0.2) is 24.3 Å². The molecular formula is C17H19ClN2O4. The number of nitrogens with zero attached hydrogens (tertiary/aromatic N) is 2. The number of rotatable bonds is 3.